The molecular weight excluding hydrogens is 675 g/mol. The fourth-order valence-electron chi connectivity index (χ4n) is 6.08. The first-order valence-electron chi connectivity index (χ1n) is 17.0. The largest absolute Gasteiger partial charge is 0.493 e. The zero-order valence-corrected chi connectivity index (χ0v) is 29.9. The van der Waals surface area contributed by atoms with Gasteiger partial charge in [0.15, 0.2) is 17.2 Å². The molecule has 1 heterocycles. The number of alkyl halides is 3. The standard InChI is InChI=1S/C40H44F3N3O6/c1-25-9-18-34(35(19-25)50-5)51-31-16-12-29(13-17-31)22-45(4)23-36-26(2)21-46(27(3)24-47)39(49)32-7-6-8-33(38(32)52-36)44-37(48)20-28-10-14-30(15-11-28)40(41,42)43/h6-19,26-27,36,47H,20-24H2,1-5H3,(H,44,48)/t26-,27+,36-/m1/s1. The van der Waals surface area contributed by atoms with E-state index >= 15 is 0 Å². The van der Waals surface area contributed by atoms with Crippen LogP contribution in [0.25, 0.3) is 0 Å². The highest BCUT2D eigenvalue weighted by molar-refractivity contribution is 6.02. The topological polar surface area (TPSA) is 101 Å². The van der Waals surface area contributed by atoms with Gasteiger partial charge in [-0.05, 0) is 86.1 Å². The third-order valence-corrected chi connectivity index (χ3v) is 9.03. The Hall–Kier alpha value is -5.07. The number of nitrogens with one attached hydrogen (secondary N) is 1. The van der Waals surface area contributed by atoms with E-state index in [1.165, 1.54) is 12.1 Å². The van der Waals surface area contributed by atoms with Crippen LogP contribution in [-0.4, -0.2) is 72.7 Å². The minimum absolute atomic E-state index is 0.176. The molecule has 0 saturated heterocycles. The molecule has 1 aliphatic heterocycles. The minimum atomic E-state index is -4.48. The maximum atomic E-state index is 13.8. The molecule has 0 spiro atoms. The molecule has 0 aromatic heterocycles. The van der Waals surface area contributed by atoms with E-state index in [9.17, 15) is 27.9 Å². The van der Waals surface area contributed by atoms with Crippen molar-refractivity contribution in [1.29, 1.82) is 0 Å². The summed E-state index contributed by atoms with van der Waals surface area (Å²) < 4.78 is 57.2. The van der Waals surface area contributed by atoms with E-state index in [4.69, 9.17) is 14.2 Å². The van der Waals surface area contributed by atoms with Crippen LogP contribution in [0.4, 0.5) is 18.9 Å². The number of methoxy groups -OCH3 is 1. The van der Waals surface area contributed by atoms with Gasteiger partial charge in [-0.2, -0.15) is 13.2 Å². The van der Waals surface area contributed by atoms with Crippen molar-refractivity contribution in [3.8, 4) is 23.0 Å². The molecule has 0 aliphatic carbocycles. The van der Waals surface area contributed by atoms with Gasteiger partial charge in [0.1, 0.15) is 11.9 Å². The zero-order valence-electron chi connectivity index (χ0n) is 29.9. The second-order valence-corrected chi connectivity index (χ2v) is 13.3. The number of para-hydroxylation sites is 1. The Balaban J connectivity index is 1.33. The maximum Gasteiger partial charge on any atom is 0.416 e. The molecule has 3 atom stereocenters. The normalized spacial score (nSPS) is 16.7. The molecule has 0 saturated carbocycles. The van der Waals surface area contributed by atoms with Crippen LogP contribution < -0.4 is 19.5 Å². The van der Waals surface area contributed by atoms with Crippen molar-refractivity contribution in [3.05, 3.63) is 113 Å². The predicted octanol–water partition coefficient (Wildman–Crippen LogP) is 7.35. The number of aryl methyl sites for hydroxylation is 1. The van der Waals surface area contributed by atoms with Gasteiger partial charge in [-0.15, -0.1) is 0 Å². The highest BCUT2D eigenvalue weighted by Crippen LogP contribution is 2.36. The van der Waals surface area contributed by atoms with Crippen molar-refractivity contribution in [2.24, 2.45) is 5.92 Å². The second kappa shape index (κ2) is 16.5. The summed E-state index contributed by atoms with van der Waals surface area (Å²) in [4.78, 5) is 30.7. The van der Waals surface area contributed by atoms with Crippen LogP contribution in [0.5, 0.6) is 23.0 Å². The Labute approximate surface area is 301 Å². The van der Waals surface area contributed by atoms with Crippen molar-refractivity contribution < 1.29 is 42.1 Å². The van der Waals surface area contributed by atoms with Crippen molar-refractivity contribution in [1.82, 2.24) is 9.80 Å². The van der Waals surface area contributed by atoms with E-state index in [0.29, 0.717) is 42.4 Å². The Bertz CT molecular complexity index is 1850. The lowest BCUT2D eigenvalue weighted by Gasteiger charge is -2.38. The van der Waals surface area contributed by atoms with E-state index < -0.39 is 29.8 Å². The lowest BCUT2D eigenvalue weighted by Crippen LogP contribution is -2.49. The molecule has 52 heavy (non-hydrogen) atoms. The Kier molecular flexibility index (Phi) is 12.1. The van der Waals surface area contributed by atoms with Gasteiger partial charge in [0.25, 0.3) is 5.91 Å². The average molecular weight is 720 g/mol. The SMILES string of the molecule is COc1cc(C)ccc1Oc1ccc(CN(C)C[C@H]2Oc3c(NC(=O)Cc4ccc(C(F)(F)F)cc4)cccc3C(=O)N([C@@H](C)CO)C[C@H]2C)cc1. The number of likely N-dealkylation sites (N-methyl/N-ethyl adjacent to an activating group) is 1. The number of hydrogen-bond acceptors (Lipinski definition) is 7. The van der Waals surface area contributed by atoms with Crippen LogP contribution in [0.2, 0.25) is 0 Å². The monoisotopic (exact) mass is 719 g/mol. The number of rotatable bonds is 12. The first-order chi connectivity index (χ1) is 24.7. The van der Waals surface area contributed by atoms with Crippen LogP contribution in [-0.2, 0) is 23.9 Å². The Morgan fingerprint density at radius 2 is 1.73 bits per heavy atom. The van der Waals surface area contributed by atoms with Crippen LogP contribution >= 0.6 is 0 Å². The van der Waals surface area contributed by atoms with E-state index in [2.05, 4.69) is 10.2 Å². The minimum Gasteiger partial charge on any atom is -0.493 e. The number of halogens is 3. The highest BCUT2D eigenvalue weighted by atomic mass is 19.4. The van der Waals surface area contributed by atoms with Crippen molar-refractivity contribution in [2.45, 2.75) is 52.1 Å². The van der Waals surface area contributed by atoms with Gasteiger partial charge in [-0.3, -0.25) is 14.5 Å². The summed E-state index contributed by atoms with van der Waals surface area (Å²) in [6, 6.07) is 22.3. The number of amides is 2. The molecule has 0 fully saturated rings. The lowest BCUT2D eigenvalue weighted by molar-refractivity contribution is -0.137. The number of hydrogen-bond donors (Lipinski definition) is 2. The van der Waals surface area contributed by atoms with Crippen molar-refractivity contribution in [2.75, 3.05) is 39.2 Å². The van der Waals surface area contributed by atoms with Gasteiger partial charge in [0.05, 0.1) is 43.0 Å². The third kappa shape index (κ3) is 9.42. The van der Waals surface area contributed by atoms with Crippen molar-refractivity contribution in [3.63, 3.8) is 0 Å². The number of fused-ring (bicyclic) bond motifs is 1. The molecule has 12 heteroatoms. The van der Waals surface area contributed by atoms with E-state index in [1.54, 1.807) is 37.1 Å². The fraction of sp³-hybridized carbons (Fsp3) is 0.350. The molecule has 2 amide bonds. The van der Waals surface area contributed by atoms with Crippen LogP contribution in [0.1, 0.15) is 46.5 Å². The average Bonchev–Trinajstić information content (AvgIpc) is 3.11. The Morgan fingerprint density at radius 1 is 1.04 bits per heavy atom. The summed E-state index contributed by atoms with van der Waals surface area (Å²) in [5.74, 6) is 1.12. The third-order valence-electron chi connectivity index (χ3n) is 9.03. The smallest absolute Gasteiger partial charge is 0.416 e. The van der Waals surface area contributed by atoms with Gasteiger partial charge in [-0.25, -0.2) is 0 Å². The summed E-state index contributed by atoms with van der Waals surface area (Å²) >= 11 is 0. The number of benzene rings is 4. The summed E-state index contributed by atoms with van der Waals surface area (Å²) in [6.07, 6.45) is -5.10. The number of nitrogens with zero attached hydrogens (tertiary/aromatic N) is 2. The molecule has 0 unspecified atom stereocenters. The molecular formula is C40H44F3N3O6. The van der Waals surface area contributed by atoms with Crippen LogP contribution in [0.3, 0.4) is 0 Å². The van der Waals surface area contributed by atoms with Gasteiger partial charge >= 0.3 is 6.18 Å². The lowest BCUT2D eigenvalue weighted by atomic mass is 9.98. The summed E-state index contributed by atoms with van der Waals surface area (Å²) in [7, 11) is 3.57. The molecule has 276 valence electrons. The summed E-state index contributed by atoms with van der Waals surface area (Å²) in [5, 5.41) is 12.8. The van der Waals surface area contributed by atoms with E-state index in [-0.39, 0.29) is 41.9 Å². The molecule has 4 aromatic carbocycles. The number of aliphatic hydroxyl groups excluding tert-OH is 1. The van der Waals surface area contributed by atoms with E-state index in [0.717, 1.165) is 23.3 Å². The number of carbonyl (C=O) groups is 2. The zero-order chi connectivity index (χ0) is 37.6. The first-order valence-corrected chi connectivity index (χ1v) is 17.0. The number of aliphatic hydroxyl groups is 1. The highest BCUT2D eigenvalue weighted by Gasteiger charge is 2.35. The molecule has 1 aliphatic rings. The van der Waals surface area contributed by atoms with Gasteiger partial charge in [0, 0.05) is 25.6 Å². The molecule has 0 radical (unpaired) electrons. The fourth-order valence-corrected chi connectivity index (χ4v) is 6.08. The van der Waals surface area contributed by atoms with Gasteiger partial charge in [-0.1, -0.05) is 43.3 Å². The van der Waals surface area contributed by atoms with Crippen molar-refractivity contribution >= 4 is 17.5 Å². The molecule has 9 nitrogen and oxygen atoms in total. The molecule has 5 rings (SSSR count). The molecule has 2 N–H and O–H groups in total. The molecule has 0 bridgehead atoms. The van der Waals surface area contributed by atoms with Gasteiger partial charge in [0.2, 0.25) is 5.91 Å². The number of ether oxygens (including phenoxy) is 3. The second-order valence-electron chi connectivity index (χ2n) is 13.3. The van der Waals surface area contributed by atoms with Crippen LogP contribution in [0, 0.1) is 12.8 Å². The first kappa shape index (κ1) is 38.2. The summed E-state index contributed by atoms with van der Waals surface area (Å²) in [5.41, 5.74) is 2.19. The summed E-state index contributed by atoms with van der Waals surface area (Å²) in [6.45, 7) is 6.86. The quantitative estimate of drug-likeness (QED) is 0.158. The maximum absolute atomic E-state index is 13.8. The van der Waals surface area contributed by atoms with Crippen LogP contribution in [0.15, 0.2) is 84.9 Å². The Morgan fingerprint density at radius 3 is 2.38 bits per heavy atom. The number of anilines is 1. The molecule has 4 aromatic rings. The number of carbonyl (C=O) groups excluding carboxylic acids is 2. The van der Waals surface area contributed by atoms with E-state index in [1.807, 2.05) is 63.4 Å². The predicted molar refractivity (Wildman–Crippen MR) is 192 cm³/mol. The van der Waals surface area contributed by atoms with Gasteiger partial charge < -0.3 is 29.5 Å².